The molecule has 2 rings (SSSR count). The van der Waals surface area contributed by atoms with Gasteiger partial charge in [0.15, 0.2) is 0 Å². The molecule has 16 heavy (non-hydrogen) atoms. The molecule has 0 aliphatic carbocycles. The number of rotatable bonds is 2. The van der Waals surface area contributed by atoms with Gasteiger partial charge >= 0.3 is 5.56 Å². The van der Waals surface area contributed by atoms with Gasteiger partial charge in [-0.25, -0.2) is 13.8 Å². The van der Waals surface area contributed by atoms with Crippen LogP contribution in [0.2, 0.25) is 0 Å². The van der Waals surface area contributed by atoms with E-state index in [2.05, 4.69) is 9.97 Å². The van der Waals surface area contributed by atoms with Gasteiger partial charge in [0, 0.05) is 30.6 Å². The van der Waals surface area contributed by atoms with Gasteiger partial charge in [0.1, 0.15) is 17.4 Å². The highest BCUT2D eigenvalue weighted by Crippen LogP contribution is 2.18. The fourth-order valence-corrected chi connectivity index (χ4v) is 1.11. The molecule has 6 heteroatoms. The first-order valence-electron chi connectivity index (χ1n) is 4.33. The number of hydrogen-bond donors (Lipinski definition) is 1. The predicted octanol–water partition coefficient (Wildman–Crippen LogP) is 1.84. The molecular formula is C10H6F2N2O2. The van der Waals surface area contributed by atoms with Crippen LogP contribution in [0.4, 0.5) is 8.78 Å². The van der Waals surface area contributed by atoms with Crippen molar-refractivity contribution in [3.05, 3.63) is 52.6 Å². The number of nitrogens with zero attached hydrogens (tertiary/aromatic N) is 1. The minimum Gasteiger partial charge on any atom is -0.434 e. The van der Waals surface area contributed by atoms with E-state index in [1.807, 2.05) is 0 Å². The second-order valence-corrected chi connectivity index (χ2v) is 2.93. The quantitative estimate of drug-likeness (QED) is 0.846. The van der Waals surface area contributed by atoms with Gasteiger partial charge in [0.25, 0.3) is 5.88 Å². The van der Waals surface area contributed by atoms with Gasteiger partial charge in [-0.15, -0.1) is 0 Å². The molecule has 0 atom stereocenters. The molecule has 0 fully saturated rings. The lowest BCUT2D eigenvalue weighted by atomic mass is 10.3. The predicted molar refractivity (Wildman–Crippen MR) is 51.3 cm³/mol. The molecule has 1 heterocycles. The molecule has 1 N–H and O–H groups in total. The number of hydrogen-bond acceptors (Lipinski definition) is 3. The Kier molecular flexibility index (Phi) is 2.63. The zero-order valence-electron chi connectivity index (χ0n) is 7.91. The molecule has 0 amide bonds. The summed E-state index contributed by atoms with van der Waals surface area (Å²) < 4.78 is 30.5. The van der Waals surface area contributed by atoms with Crippen LogP contribution in [0, 0.1) is 11.6 Å². The van der Waals surface area contributed by atoms with Crippen molar-refractivity contribution in [2.75, 3.05) is 0 Å². The first-order valence-corrected chi connectivity index (χ1v) is 4.33. The number of aromatic amines is 1. The largest absolute Gasteiger partial charge is 0.434 e. The summed E-state index contributed by atoms with van der Waals surface area (Å²) in [7, 11) is 0. The molecule has 0 aliphatic rings. The molecule has 1 aromatic heterocycles. The highest BCUT2D eigenvalue weighted by molar-refractivity contribution is 5.27. The van der Waals surface area contributed by atoms with E-state index in [4.69, 9.17) is 4.74 Å². The Labute approximate surface area is 88.5 Å². The van der Waals surface area contributed by atoms with Gasteiger partial charge in [-0.2, -0.15) is 0 Å². The lowest BCUT2D eigenvalue weighted by molar-refractivity contribution is 0.443. The maximum atomic E-state index is 12.8. The van der Waals surface area contributed by atoms with E-state index >= 15 is 0 Å². The second-order valence-electron chi connectivity index (χ2n) is 2.93. The average molecular weight is 224 g/mol. The van der Waals surface area contributed by atoms with E-state index < -0.39 is 17.2 Å². The third-order valence-corrected chi connectivity index (χ3v) is 1.73. The highest BCUT2D eigenvalue weighted by atomic mass is 19.1. The van der Waals surface area contributed by atoms with Gasteiger partial charge in [-0.1, -0.05) is 0 Å². The number of aromatic nitrogens is 2. The van der Waals surface area contributed by atoms with E-state index in [0.29, 0.717) is 6.07 Å². The summed E-state index contributed by atoms with van der Waals surface area (Å²) in [4.78, 5) is 17.1. The third-order valence-electron chi connectivity index (χ3n) is 1.73. The molecule has 0 unspecified atom stereocenters. The van der Waals surface area contributed by atoms with Crippen molar-refractivity contribution in [2.45, 2.75) is 0 Å². The Hall–Kier alpha value is -2.24. The van der Waals surface area contributed by atoms with Crippen LogP contribution in [0.5, 0.6) is 11.6 Å². The zero-order valence-corrected chi connectivity index (χ0v) is 7.91. The van der Waals surface area contributed by atoms with Crippen molar-refractivity contribution < 1.29 is 13.5 Å². The van der Waals surface area contributed by atoms with Crippen molar-refractivity contribution in [3.63, 3.8) is 0 Å². The van der Waals surface area contributed by atoms with Gasteiger partial charge in [-0.05, 0) is 0 Å². The Morgan fingerprint density at radius 1 is 1.19 bits per heavy atom. The van der Waals surface area contributed by atoms with Crippen LogP contribution in [-0.4, -0.2) is 9.97 Å². The fourth-order valence-electron chi connectivity index (χ4n) is 1.11. The second kappa shape index (κ2) is 4.09. The summed E-state index contributed by atoms with van der Waals surface area (Å²) in [6.45, 7) is 0. The van der Waals surface area contributed by atoms with E-state index in [1.165, 1.54) is 12.4 Å². The Morgan fingerprint density at radius 3 is 2.50 bits per heavy atom. The highest BCUT2D eigenvalue weighted by Gasteiger charge is 2.06. The molecule has 82 valence electrons. The number of benzene rings is 1. The third kappa shape index (κ3) is 2.22. The topological polar surface area (TPSA) is 55.0 Å². The Morgan fingerprint density at radius 2 is 1.88 bits per heavy atom. The summed E-state index contributed by atoms with van der Waals surface area (Å²) in [5.74, 6) is -1.97. The summed E-state index contributed by atoms with van der Waals surface area (Å²) in [5.41, 5.74) is -0.577. The van der Waals surface area contributed by atoms with E-state index in [0.717, 1.165) is 12.1 Å². The fraction of sp³-hybridized carbons (Fsp3) is 0. The molecule has 4 nitrogen and oxygen atoms in total. The van der Waals surface area contributed by atoms with Crippen LogP contribution in [0.3, 0.4) is 0 Å². The van der Waals surface area contributed by atoms with Gasteiger partial charge in [-0.3, -0.25) is 4.79 Å². The van der Waals surface area contributed by atoms with Crippen molar-refractivity contribution in [1.82, 2.24) is 9.97 Å². The standard InChI is InChI=1S/C10H6F2N2O2/c11-6-3-7(12)5-8(4-6)16-10-9(15)13-1-2-14-10/h1-5H,(H,13,15). The maximum absolute atomic E-state index is 12.8. The molecule has 0 saturated carbocycles. The Bertz CT molecular complexity index is 548. The van der Waals surface area contributed by atoms with Crippen LogP contribution in [-0.2, 0) is 0 Å². The molecule has 1 aromatic carbocycles. The van der Waals surface area contributed by atoms with Crippen molar-refractivity contribution in [2.24, 2.45) is 0 Å². The SMILES string of the molecule is O=c1[nH]ccnc1Oc1cc(F)cc(F)c1. The summed E-state index contributed by atoms with van der Waals surface area (Å²) in [5, 5.41) is 0. The molecule has 0 radical (unpaired) electrons. The molecule has 2 aromatic rings. The zero-order chi connectivity index (χ0) is 11.5. The van der Waals surface area contributed by atoms with E-state index in [-0.39, 0.29) is 11.6 Å². The van der Waals surface area contributed by atoms with Crippen molar-refractivity contribution in [1.29, 1.82) is 0 Å². The number of nitrogens with one attached hydrogen (secondary N) is 1. The summed E-state index contributed by atoms with van der Waals surface area (Å²) in [6, 6.07) is 2.61. The van der Waals surface area contributed by atoms with Gasteiger partial charge in [0.2, 0.25) is 0 Å². The normalized spacial score (nSPS) is 10.1. The van der Waals surface area contributed by atoms with Crippen molar-refractivity contribution >= 4 is 0 Å². The minimum absolute atomic E-state index is 0.123. The van der Waals surface area contributed by atoms with Crippen LogP contribution in [0.1, 0.15) is 0 Å². The average Bonchev–Trinajstić information content (AvgIpc) is 2.20. The minimum atomic E-state index is -0.789. The lowest BCUT2D eigenvalue weighted by Gasteiger charge is -2.03. The van der Waals surface area contributed by atoms with Crippen molar-refractivity contribution in [3.8, 4) is 11.6 Å². The molecular weight excluding hydrogens is 218 g/mol. The molecule has 0 saturated heterocycles. The smallest absolute Gasteiger partial charge is 0.311 e. The number of ether oxygens (including phenoxy) is 1. The van der Waals surface area contributed by atoms with Crippen LogP contribution in [0.15, 0.2) is 35.4 Å². The molecule has 0 bridgehead atoms. The Balaban J connectivity index is 2.34. The van der Waals surface area contributed by atoms with Gasteiger partial charge in [0.05, 0.1) is 0 Å². The van der Waals surface area contributed by atoms with E-state index in [9.17, 15) is 13.6 Å². The monoisotopic (exact) mass is 224 g/mol. The first-order chi connectivity index (χ1) is 7.65. The van der Waals surface area contributed by atoms with Crippen LogP contribution < -0.4 is 10.3 Å². The molecule has 0 spiro atoms. The molecule has 0 aliphatic heterocycles. The summed E-state index contributed by atoms with van der Waals surface area (Å²) in [6.07, 6.45) is 2.62. The van der Waals surface area contributed by atoms with Gasteiger partial charge < -0.3 is 9.72 Å². The summed E-state index contributed by atoms with van der Waals surface area (Å²) >= 11 is 0. The van der Waals surface area contributed by atoms with E-state index in [1.54, 1.807) is 0 Å². The number of H-pyrrole nitrogens is 1. The maximum Gasteiger partial charge on any atom is 0.311 e. The van der Waals surface area contributed by atoms with Crippen LogP contribution >= 0.6 is 0 Å². The van der Waals surface area contributed by atoms with Crippen LogP contribution in [0.25, 0.3) is 0 Å². The first kappa shape index (κ1) is 10.3. The lowest BCUT2D eigenvalue weighted by Crippen LogP contribution is -2.09. The number of halogens is 2.